The van der Waals surface area contributed by atoms with E-state index in [1.165, 1.54) is 6.26 Å². The lowest BCUT2D eigenvalue weighted by atomic mass is 10.1. The topological polar surface area (TPSA) is 78.7 Å². The van der Waals surface area contributed by atoms with Gasteiger partial charge in [-0.15, -0.1) is 24.0 Å². The van der Waals surface area contributed by atoms with Gasteiger partial charge in [-0.05, 0) is 24.5 Å². The van der Waals surface area contributed by atoms with Crippen molar-refractivity contribution in [3.05, 3.63) is 24.2 Å². The summed E-state index contributed by atoms with van der Waals surface area (Å²) in [4.78, 5) is 15.7. The number of carbonyl (C=O) groups excluding carboxylic acids is 1. The van der Waals surface area contributed by atoms with Crippen molar-refractivity contribution in [3.8, 4) is 0 Å². The van der Waals surface area contributed by atoms with E-state index in [0.29, 0.717) is 24.8 Å². The molecule has 0 atom stereocenters. The molecule has 0 saturated heterocycles. The number of aliphatic imine (C=N–C) groups is 1. The Hall–Kier alpha value is -1.25. The molecule has 120 valence electrons. The molecule has 1 aromatic rings. The van der Waals surface area contributed by atoms with E-state index in [9.17, 15) is 4.79 Å². The van der Waals surface area contributed by atoms with Crippen LogP contribution in [-0.2, 0) is 0 Å². The summed E-state index contributed by atoms with van der Waals surface area (Å²) in [5.41, 5.74) is 0. The van der Waals surface area contributed by atoms with Gasteiger partial charge in [-0.1, -0.05) is 13.8 Å². The molecule has 0 fully saturated rings. The Balaban J connectivity index is 0.00000400. The molecule has 0 aliphatic rings. The summed E-state index contributed by atoms with van der Waals surface area (Å²) in [6, 6.07) is 3.32. The summed E-state index contributed by atoms with van der Waals surface area (Å²) in [6.45, 7) is 6.36. The zero-order valence-corrected chi connectivity index (χ0v) is 15.1. The minimum atomic E-state index is -0.209. The number of hydrogen-bond donors (Lipinski definition) is 3. The van der Waals surface area contributed by atoms with Crippen molar-refractivity contribution >= 4 is 35.8 Å². The maximum Gasteiger partial charge on any atom is 0.287 e. The fourth-order valence-electron chi connectivity index (χ4n) is 1.55. The number of rotatable bonds is 7. The van der Waals surface area contributed by atoms with Gasteiger partial charge >= 0.3 is 0 Å². The molecule has 0 aliphatic carbocycles. The van der Waals surface area contributed by atoms with Gasteiger partial charge in [0.15, 0.2) is 11.7 Å². The Morgan fingerprint density at radius 2 is 1.90 bits per heavy atom. The van der Waals surface area contributed by atoms with Gasteiger partial charge in [0.05, 0.1) is 6.26 Å². The first kappa shape index (κ1) is 19.8. The number of hydrogen-bond acceptors (Lipinski definition) is 3. The molecular weight excluding hydrogens is 383 g/mol. The van der Waals surface area contributed by atoms with Crippen molar-refractivity contribution in [3.63, 3.8) is 0 Å². The Kier molecular flexibility index (Phi) is 10.7. The van der Waals surface area contributed by atoms with Crippen LogP contribution < -0.4 is 16.0 Å². The first-order valence-corrected chi connectivity index (χ1v) is 6.89. The maximum atomic E-state index is 11.6. The summed E-state index contributed by atoms with van der Waals surface area (Å²) in [5.74, 6) is 1.52. The zero-order chi connectivity index (χ0) is 14.8. The third kappa shape index (κ3) is 8.59. The first-order valence-electron chi connectivity index (χ1n) is 6.89. The Morgan fingerprint density at radius 1 is 1.24 bits per heavy atom. The number of carbonyl (C=O) groups is 1. The minimum Gasteiger partial charge on any atom is -0.459 e. The van der Waals surface area contributed by atoms with Crippen LogP contribution in [0, 0.1) is 5.92 Å². The van der Waals surface area contributed by atoms with Crippen molar-refractivity contribution in [2.24, 2.45) is 10.9 Å². The fraction of sp³-hybridized carbons (Fsp3) is 0.571. The molecule has 1 heterocycles. The smallest absolute Gasteiger partial charge is 0.287 e. The predicted molar refractivity (Wildman–Crippen MR) is 95.3 cm³/mol. The molecule has 0 saturated carbocycles. The number of halogens is 1. The second kappa shape index (κ2) is 11.4. The van der Waals surface area contributed by atoms with Crippen LogP contribution in [0.4, 0.5) is 0 Å². The van der Waals surface area contributed by atoms with E-state index in [4.69, 9.17) is 4.42 Å². The van der Waals surface area contributed by atoms with Gasteiger partial charge in [0.1, 0.15) is 0 Å². The molecule has 1 rings (SSSR count). The lowest BCUT2D eigenvalue weighted by Gasteiger charge is -2.12. The van der Waals surface area contributed by atoms with Gasteiger partial charge in [0.25, 0.3) is 5.91 Å². The number of nitrogens with zero attached hydrogens (tertiary/aromatic N) is 1. The minimum absolute atomic E-state index is 0. The van der Waals surface area contributed by atoms with Gasteiger partial charge < -0.3 is 20.4 Å². The Bertz CT molecular complexity index is 419. The van der Waals surface area contributed by atoms with Crippen LogP contribution >= 0.6 is 24.0 Å². The van der Waals surface area contributed by atoms with Crippen LogP contribution in [0.1, 0.15) is 30.8 Å². The quantitative estimate of drug-likeness (QED) is 0.279. The molecule has 0 spiro atoms. The molecular formula is C14H25IN4O2. The van der Waals surface area contributed by atoms with E-state index < -0.39 is 0 Å². The van der Waals surface area contributed by atoms with Crippen molar-refractivity contribution in [1.29, 1.82) is 0 Å². The summed E-state index contributed by atoms with van der Waals surface area (Å²) in [6.07, 6.45) is 2.57. The summed E-state index contributed by atoms with van der Waals surface area (Å²) >= 11 is 0. The van der Waals surface area contributed by atoms with Gasteiger partial charge in [-0.3, -0.25) is 9.79 Å². The molecule has 21 heavy (non-hydrogen) atoms. The molecule has 7 heteroatoms. The normalized spacial score (nSPS) is 11.0. The van der Waals surface area contributed by atoms with E-state index in [1.807, 2.05) is 0 Å². The van der Waals surface area contributed by atoms with Crippen LogP contribution in [0.3, 0.4) is 0 Å². The molecule has 0 aliphatic heterocycles. The highest BCUT2D eigenvalue weighted by molar-refractivity contribution is 14.0. The second-order valence-corrected chi connectivity index (χ2v) is 4.84. The summed E-state index contributed by atoms with van der Waals surface area (Å²) < 4.78 is 5.00. The van der Waals surface area contributed by atoms with Crippen LogP contribution in [0.15, 0.2) is 27.8 Å². The molecule has 0 aromatic carbocycles. The molecule has 1 amide bonds. The highest BCUT2D eigenvalue weighted by Crippen LogP contribution is 1.98. The Morgan fingerprint density at radius 3 is 2.48 bits per heavy atom. The van der Waals surface area contributed by atoms with Crippen molar-refractivity contribution in [2.75, 3.05) is 26.7 Å². The monoisotopic (exact) mass is 408 g/mol. The lowest BCUT2D eigenvalue weighted by molar-refractivity contribution is 0.0926. The van der Waals surface area contributed by atoms with Crippen LogP contribution in [-0.4, -0.2) is 38.5 Å². The van der Waals surface area contributed by atoms with E-state index in [1.54, 1.807) is 19.2 Å². The highest BCUT2D eigenvalue weighted by atomic mass is 127. The van der Waals surface area contributed by atoms with Gasteiger partial charge in [-0.2, -0.15) is 0 Å². The summed E-state index contributed by atoms with van der Waals surface area (Å²) in [5, 5.41) is 9.12. The van der Waals surface area contributed by atoms with Crippen molar-refractivity contribution in [1.82, 2.24) is 16.0 Å². The Labute approximate surface area is 143 Å². The summed E-state index contributed by atoms with van der Waals surface area (Å²) in [7, 11) is 1.73. The lowest BCUT2D eigenvalue weighted by Crippen LogP contribution is -2.41. The molecule has 0 radical (unpaired) electrons. The average molecular weight is 408 g/mol. The van der Waals surface area contributed by atoms with E-state index in [2.05, 4.69) is 34.8 Å². The molecule has 0 unspecified atom stereocenters. The standard InChI is InChI=1S/C14H24N4O2.HI/c1-11(2)6-7-17-14(15-3)18-9-8-16-13(19)12-5-4-10-20-12;/h4-5,10-11H,6-9H2,1-3H3,(H,16,19)(H2,15,17,18);1H. The number of furan rings is 1. The fourth-order valence-corrected chi connectivity index (χ4v) is 1.55. The van der Waals surface area contributed by atoms with Crippen molar-refractivity contribution in [2.45, 2.75) is 20.3 Å². The van der Waals surface area contributed by atoms with E-state index >= 15 is 0 Å². The highest BCUT2D eigenvalue weighted by Gasteiger charge is 2.06. The number of guanidine groups is 1. The van der Waals surface area contributed by atoms with Gasteiger partial charge in [0, 0.05) is 26.7 Å². The van der Waals surface area contributed by atoms with E-state index in [0.717, 1.165) is 18.9 Å². The molecule has 1 aromatic heterocycles. The first-order chi connectivity index (χ1) is 9.63. The largest absolute Gasteiger partial charge is 0.459 e. The van der Waals surface area contributed by atoms with Crippen LogP contribution in [0.2, 0.25) is 0 Å². The van der Waals surface area contributed by atoms with Gasteiger partial charge in [-0.25, -0.2) is 0 Å². The van der Waals surface area contributed by atoms with Crippen molar-refractivity contribution < 1.29 is 9.21 Å². The molecule has 3 N–H and O–H groups in total. The van der Waals surface area contributed by atoms with Gasteiger partial charge in [0.2, 0.25) is 0 Å². The third-order valence-electron chi connectivity index (χ3n) is 2.69. The van der Waals surface area contributed by atoms with Crippen LogP contribution in [0.5, 0.6) is 0 Å². The number of amides is 1. The second-order valence-electron chi connectivity index (χ2n) is 4.84. The zero-order valence-electron chi connectivity index (χ0n) is 12.8. The van der Waals surface area contributed by atoms with Crippen LogP contribution in [0.25, 0.3) is 0 Å². The SMILES string of the molecule is CN=C(NCCNC(=O)c1ccco1)NCCC(C)C.I. The number of nitrogens with one attached hydrogen (secondary N) is 3. The van der Waals surface area contributed by atoms with E-state index in [-0.39, 0.29) is 29.9 Å². The average Bonchev–Trinajstić information content (AvgIpc) is 2.95. The molecule has 6 nitrogen and oxygen atoms in total. The molecule has 0 bridgehead atoms. The third-order valence-corrected chi connectivity index (χ3v) is 2.69. The predicted octanol–water partition coefficient (Wildman–Crippen LogP) is 1.84. The maximum absolute atomic E-state index is 11.6.